The van der Waals surface area contributed by atoms with Gasteiger partial charge in [-0.05, 0) is 12.5 Å². The number of benzene rings is 1. The van der Waals surface area contributed by atoms with Crippen molar-refractivity contribution in [2.45, 2.75) is 45.1 Å². The molecule has 1 aromatic carbocycles. The number of nitrogens with zero attached hydrogens (tertiary/aromatic N) is 1. The van der Waals surface area contributed by atoms with Gasteiger partial charge in [0, 0.05) is 12.0 Å². The minimum atomic E-state index is -0.973. The van der Waals surface area contributed by atoms with Crippen LogP contribution in [0, 0.1) is 11.4 Å². The summed E-state index contributed by atoms with van der Waals surface area (Å²) in [4.78, 5) is 49.4. The van der Waals surface area contributed by atoms with Crippen molar-refractivity contribution in [3.8, 4) is 0 Å². The van der Waals surface area contributed by atoms with Crippen molar-refractivity contribution in [1.29, 1.82) is 5.53 Å². The zero-order valence-electron chi connectivity index (χ0n) is 15.2. The first-order chi connectivity index (χ1) is 13.0. The van der Waals surface area contributed by atoms with E-state index in [-0.39, 0.29) is 23.5 Å². The molecular weight excluding hydrogens is 350 g/mol. The molecule has 2 rings (SSSR count). The summed E-state index contributed by atoms with van der Waals surface area (Å²) in [6.07, 6.45) is 2.41. The van der Waals surface area contributed by atoms with Gasteiger partial charge in [0.15, 0.2) is 11.6 Å². The zero-order chi connectivity index (χ0) is 19.8. The van der Waals surface area contributed by atoms with Gasteiger partial charge in [0.25, 0.3) is 5.91 Å². The van der Waals surface area contributed by atoms with Gasteiger partial charge in [-0.15, -0.1) is 5.11 Å². The van der Waals surface area contributed by atoms with Crippen molar-refractivity contribution in [2.75, 3.05) is 6.61 Å². The van der Waals surface area contributed by atoms with Crippen LogP contribution in [0.3, 0.4) is 0 Å². The van der Waals surface area contributed by atoms with Gasteiger partial charge in [-0.25, -0.2) is 10.3 Å². The fourth-order valence-corrected chi connectivity index (χ4v) is 3.12. The number of carbonyl (C=O) groups excluding carboxylic acids is 4. The average Bonchev–Trinajstić information content (AvgIpc) is 2.69. The smallest absolute Gasteiger partial charge is 0.407 e. The number of ketones is 2. The highest BCUT2D eigenvalue weighted by Gasteiger charge is 2.36. The lowest BCUT2D eigenvalue weighted by atomic mass is 9.83. The standard InChI is InChI=1S/C19H23N3O5/c1-2-3-4-9-14(17(24)15-10-11-27-19(26)21-15)16(23)12-7-5-6-8-13(12)18(25)22-20/h5-8,14-15,20H,2-4,9-11H2,1H3,(H,21,26)/t14-,15?/m0/s1. The predicted molar refractivity (Wildman–Crippen MR) is 95.8 cm³/mol. The molecule has 1 fully saturated rings. The third-order valence-corrected chi connectivity index (χ3v) is 4.56. The number of ether oxygens (including phenoxy) is 1. The molecule has 0 radical (unpaired) electrons. The van der Waals surface area contributed by atoms with Gasteiger partial charge in [0.1, 0.15) is 0 Å². The van der Waals surface area contributed by atoms with Crippen molar-refractivity contribution in [3.63, 3.8) is 0 Å². The number of carbonyl (C=O) groups is 4. The molecule has 1 aliphatic heterocycles. The Morgan fingerprint density at radius 2 is 1.96 bits per heavy atom. The molecule has 0 bridgehead atoms. The van der Waals surface area contributed by atoms with Gasteiger partial charge >= 0.3 is 6.09 Å². The van der Waals surface area contributed by atoms with Crippen LogP contribution in [0.25, 0.3) is 0 Å². The van der Waals surface area contributed by atoms with Crippen molar-refractivity contribution < 1.29 is 23.9 Å². The molecule has 2 atom stereocenters. The maximum atomic E-state index is 13.1. The summed E-state index contributed by atoms with van der Waals surface area (Å²) in [6, 6.07) is 5.26. The van der Waals surface area contributed by atoms with Crippen molar-refractivity contribution >= 4 is 23.6 Å². The number of Topliss-reactive ketones (excluding diaryl/α,β-unsaturated/α-hetero) is 2. The second kappa shape index (κ2) is 9.70. The van der Waals surface area contributed by atoms with Crippen LogP contribution in [0.1, 0.15) is 59.7 Å². The van der Waals surface area contributed by atoms with E-state index in [9.17, 15) is 19.2 Å². The summed E-state index contributed by atoms with van der Waals surface area (Å²) < 4.78 is 4.78. The van der Waals surface area contributed by atoms with Crippen LogP contribution in [0.5, 0.6) is 0 Å². The summed E-state index contributed by atoms with van der Waals surface area (Å²) in [6.45, 7) is 2.13. The number of rotatable bonds is 9. The van der Waals surface area contributed by atoms with E-state index in [0.717, 1.165) is 12.8 Å². The van der Waals surface area contributed by atoms with Gasteiger partial charge in [-0.1, -0.05) is 44.4 Å². The highest BCUT2D eigenvalue weighted by Crippen LogP contribution is 2.23. The number of alkyl carbamates (subject to hydrolysis) is 1. The third-order valence-electron chi connectivity index (χ3n) is 4.56. The summed E-state index contributed by atoms with van der Waals surface area (Å²) in [5, 5.41) is 5.35. The van der Waals surface area contributed by atoms with E-state index in [4.69, 9.17) is 10.3 Å². The maximum absolute atomic E-state index is 13.1. The molecular formula is C19H23N3O5. The number of hydrogen-bond acceptors (Lipinski definition) is 6. The van der Waals surface area contributed by atoms with Gasteiger partial charge in [-0.2, -0.15) is 0 Å². The quantitative estimate of drug-likeness (QED) is 0.297. The second-order valence-corrected chi connectivity index (χ2v) is 6.40. The van der Waals surface area contributed by atoms with Gasteiger partial charge < -0.3 is 10.1 Å². The number of nitrogens with one attached hydrogen (secondary N) is 2. The topological polar surface area (TPSA) is 126 Å². The van der Waals surface area contributed by atoms with Crippen LogP contribution in [-0.2, 0) is 9.53 Å². The normalized spacial score (nSPS) is 17.4. The Balaban J connectivity index is 2.31. The first-order valence-electron chi connectivity index (χ1n) is 9.01. The van der Waals surface area contributed by atoms with E-state index < -0.39 is 29.7 Å². The molecule has 1 saturated heterocycles. The van der Waals surface area contributed by atoms with E-state index in [1.54, 1.807) is 12.1 Å². The van der Waals surface area contributed by atoms with Crippen LogP contribution in [0.2, 0.25) is 0 Å². The molecule has 0 aromatic heterocycles. The third kappa shape index (κ3) is 5.06. The summed E-state index contributed by atoms with van der Waals surface area (Å²) in [5.41, 5.74) is 7.01. The molecule has 1 aliphatic rings. The Hall–Kier alpha value is -2.90. The van der Waals surface area contributed by atoms with Gasteiger partial charge in [-0.3, -0.25) is 14.4 Å². The number of cyclic esters (lactones) is 1. The predicted octanol–water partition coefficient (Wildman–Crippen LogP) is 3.30. The molecule has 0 spiro atoms. The zero-order valence-corrected chi connectivity index (χ0v) is 15.2. The minimum Gasteiger partial charge on any atom is -0.449 e. The summed E-state index contributed by atoms with van der Waals surface area (Å²) >= 11 is 0. The van der Waals surface area contributed by atoms with E-state index in [1.807, 2.05) is 6.92 Å². The highest BCUT2D eigenvalue weighted by molar-refractivity contribution is 6.16. The average molecular weight is 373 g/mol. The van der Waals surface area contributed by atoms with E-state index in [0.29, 0.717) is 19.3 Å². The fourth-order valence-electron chi connectivity index (χ4n) is 3.12. The molecule has 8 nitrogen and oxygen atoms in total. The van der Waals surface area contributed by atoms with E-state index in [1.165, 1.54) is 12.1 Å². The molecule has 0 saturated carbocycles. The Bertz CT molecular complexity index is 747. The van der Waals surface area contributed by atoms with Gasteiger partial charge in [0.2, 0.25) is 0 Å². The molecule has 27 heavy (non-hydrogen) atoms. The van der Waals surface area contributed by atoms with E-state index in [2.05, 4.69) is 10.4 Å². The van der Waals surface area contributed by atoms with Crippen molar-refractivity contribution in [2.24, 2.45) is 11.0 Å². The second-order valence-electron chi connectivity index (χ2n) is 6.40. The minimum absolute atomic E-state index is 0.00167. The summed E-state index contributed by atoms with van der Waals surface area (Å²) in [7, 11) is 0. The lowest BCUT2D eigenvalue weighted by Crippen LogP contribution is -2.49. The molecule has 1 unspecified atom stereocenters. The number of amides is 2. The van der Waals surface area contributed by atoms with Crippen LogP contribution >= 0.6 is 0 Å². The first kappa shape index (κ1) is 20.4. The number of hydrogen-bond donors (Lipinski definition) is 2. The van der Waals surface area contributed by atoms with Crippen LogP contribution in [0.4, 0.5) is 4.79 Å². The largest absolute Gasteiger partial charge is 0.449 e. The van der Waals surface area contributed by atoms with E-state index >= 15 is 0 Å². The first-order valence-corrected chi connectivity index (χ1v) is 9.01. The molecule has 1 heterocycles. The fraction of sp³-hybridized carbons (Fsp3) is 0.474. The van der Waals surface area contributed by atoms with Crippen LogP contribution < -0.4 is 5.32 Å². The highest BCUT2D eigenvalue weighted by atomic mass is 16.6. The summed E-state index contributed by atoms with van der Waals surface area (Å²) in [5.74, 6) is -2.67. The molecule has 144 valence electrons. The molecule has 2 N–H and O–H groups in total. The molecule has 0 aliphatic carbocycles. The molecule has 1 aromatic rings. The Labute approximate surface area is 157 Å². The van der Waals surface area contributed by atoms with Crippen LogP contribution in [-0.4, -0.2) is 36.2 Å². The Morgan fingerprint density at radius 1 is 1.26 bits per heavy atom. The van der Waals surface area contributed by atoms with Crippen molar-refractivity contribution in [1.82, 2.24) is 5.32 Å². The molecule has 2 amide bonds. The van der Waals surface area contributed by atoms with Crippen molar-refractivity contribution in [3.05, 3.63) is 35.4 Å². The SMILES string of the molecule is CCCCC[C@@H](C(=O)c1ccccc1C(=O)N=N)C(=O)C1CCOC(=O)N1. The molecule has 8 heteroatoms. The van der Waals surface area contributed by atoms with Crippen LogP contribution in [0.15, 0.2) is 29.4 Å². The Kier molecular flexibility index (Phi) is 7.34. The lowest BCUT2D eigenvalue weighted by molar-refractivity contribution is -0.124. The Morgan fingerprint density at radius 3 is 2.59 bits per heavy atom. The number of unbranched alkanes of at least 4 members (excludes halogenated alkanes) is 2. The monoisotopic (exact) mass is 373 g/mol. The maximum Gasteiger partial charge on any atom is 0.407 e. The van der Waals surface area contributed by atoms with Gasteiger partial charge in [0.05, 0.1) is 24.1 Å². The lowest BCUT2D eigenvalue weighted by Gasteiger charge is -2.26.